The molecule has 0 radical (unpaired) electrons. The number of nitrogens with one attached hydrogen (secondary N) is 3. The first-order valence-electron chi connectivity index (χ1n) is 11.8. The van der Waals surface area contributed by atoms with Gasteiger partial charge in [-0.05, 0) is 25.0 Å². The van der Waals surface area contributed by atoms with Gasteiger partial charge >= 0.3 is 11.8 Å². The molecule has 4 rings (SSSR count). The third-order valence-corrected chi connectivity index (χ3v) is 5.80. The number of rotatable bonds is 11. The number of hydrogen-bond acceptors (Lipinski definition) is 8. The zero-order chi connectivity index (χ0) is 25.5. The molecule has 4 aromatic rings. The minimum atomic E-state index is -0.478. The molecule has 11 heteroatoms. The Bertz CT molecular complexity index is 1350. The van der Waals surface area contributed by atoms with E-state index in [9.17, 15) is 9.59 Å². The molecule has 188 valence electrons. The standard InChI is InChI=1S/C25H29N7O4/c1-15-31-32-25(36-15)23(34)29-19(11-5-4-6-12-21(33)26-2)22-27-14-20(28-22)17-13-16-9-7-8-10-18(16)30-24(17)35-3/h7-10,13-14,19H,4-6,11-12H2,1-3H3,(H,26,33)(H,27,28)(H,29,34)/t19-/m0/s1. The van der Waals surface area contributed by atoms with Crippen LogP contribution < -0.4 is 15.4 Å². The molecule has 1 atom stereocenters. The maximum Gasteiger partial charge on any atom is 0.309 e. The highest BCUT2D eigenvalue weighted by Crippen LogP contribution is 2.31. The Balaban J connectivity index is 1.55. The van der Waals surface area contributed by atoms with E-state index in [1.165, 1.54) is 0 Å². The lowest BCUT2D eigenvalue weighted by molar-refractivity contribution is -0.120. The quantitative estimate of drug-likeness (QED) is 0.270. The van der Waals surface area contributed by atoms with Gasteiger partial charge in [-0.3, -0.25) is 9.59 Å². The number of imidazole rings is 1. The number of hydrogen-bond donors (Lipinski definition) is 3. The Morgan fingerprint density at radius 2 is 2.00 bits per heavy atom. The number of methoxy groups -OCH3 is 1. The summed E-state index contributed by atoms with van der Waals surface area (Å²) >= 11 is 0. The van der Waals surface area contributed by atoms with Crippen LogP contribution in [0.3, 0.4) is 0 Å². The molecule has 2 amide bonds. The van der Waals surface area contributed by atoms with Gasteiger partial charge in [0.05, 0.1) is 36.1 Å². The van der Waals surface area contributed by atoms with Gasteiger partial charge in [0.1, 0.15) is 5.82 Å². The van der Waals surface area contributed by atoms with Gasteiger partial charge in [-0.2, -0.15) is 0 Å². The zero-order valence-electron chi connectivity index (χ0n) is 20.5. The summed E-state index contributed by atoms with van der Waals surface area (Å²) in [5, 5.41) is 14.1. The molecule has 3 N–H and O–H groups in total. The van der Waals surface area contributed by atoms with Crippen molar-refractivity contribution in [3.63, 3.8) is 0 Å². The molecule has 11 nitrogen and oxygen atoms in total. The highest BCUT2D eigenvalue weighted by Gasteiger charge is 2.23. The van der Waals surface area contributed by atoms with Gasteiger partial charge in [-0.15, -0.1) is 10.2 Å². The van der Waals surface area contributed by atoms with Crippen LogP contribution in [0, 0.1) is 6.92 Å². The number of ether oxygens (including phenoxy) is 1. The van der Waals surface area contributed by atoms with Crippen molar-refractivity contribution in [2.75, 3.05) is 14.2 Å². The number of carbonyl (C=O) groups excluding carboxylic acids is 2. The van der Waals surface area contributed by atoms with Crippen LogP contribution in [-0.4, -0.2) is 51.1 Å². The molecule has 0 unspecified atom stereocenters. The Labute approximate surface area is 208 Å². The topological polar surface area (TPSA) is 148 Å². The molecule has 0 aliphatic rings. The van der Waals surface area contributed by atoms with E-state index in [0.717, 1.165) is 35.7 Å². The lowest BCUT2D eigenvalue weighted by Gasteiger charge is -2.16. The molecular weight excluding hydrogens is 462 g/mol. The van der Waals surface area contributed by atoms with E-state index in [0.29, 0.717) is 36.1 Å². The number of carbonyl (C=O) groups is 2. The average Bonchev–Trinajstić information content (AvgIpc) is 3.56. The van der Waals surface area contributed by atoms with Gasteiger partial charge in [0.25, 0.3) is 0 Å². The van der Waals surface area contributed by atoms with Gasteiger partial charge in [-0.25, -0.2) is 9.97 Å². The first kappa shape index (κ1) is 24.8. The highest BCUT2D eigenvalue weighted by atomic mass is 16.5. The molecule has 3 aromatic heterocycles. The van der Waals surface area contributed by atoms with E-state index in [2.05, 4.69) is 35.8 Å². The number of benzene rings is 1. The fraction of sp³-hybridized carbons (Fsp3) is 0.360. The lowest BCUT2D eigenvalue weighted by atomic mass is 10.1. The maximum absolute atomic E-state index is 12.8. The molecule has 3 heterocycles. The second-order valence-electron chi connectivity index (χ2n) is 8.34. The van der Waals surface area contributed by atoms with E-state index in [4.69, 9.17) is 9.15 Å². The van der Waals surface area contributed by atoms with Crippen molar-refractivity contribution in [2.45, 2.75) is 45.1 Å². The molecule has 1 aromatic carbocycles. The monoisotopic (exact) mass is 491 g/mol. The van der Waals surface area contributed by atoms with Crippen LogP contribution >= 0.6 is 0 Å². The first-order valence-corrected chi connectivity index (χ1v) is 11.8. The maximum atomic E-state index is 12.8. The van der Waals surface area contributed by atoms with Crippen molar-refractivity contribution in [1.82, 2.24) is 35.8 Å². The second kappa shape index (κ2) is 11.4. The van der Waals surface area contributed by atoms with Crippen LogP contribution in [0.4, 0.5) is 0 Å². The summed E-state index contributed by atoms with van der Waals surface area (Å²) in [6.07, 6.45) is 5.13. The second-order valence-corrected chi connectivity index (χ2v) is 8.34. The summed E-state index contributed by atoms with van der Waals surface area (Å²) in [5.74, 6) is 0.789. The summed E-state index contributed by atoms with van der Waals surface area (Å²) in [5.41, 5.74) is 2.31. The summed E-state index contributed by atoms with van der Waals surface area (Å²) in [6.45, 7) is 1.62. The zero-order valence-corrected chi connectivity index (χ0v) is 20.5. The van der Waals surface area contributed by atoms with Gasteiger partial charge in [0, 0.05) is 25.8 Å². The fourth-order valence-electron chi connectivity index (χ4n) is 3.92. The number of H-pyrrole nitrogens is 1. The van der Waals surface area contributed by atoms with E-state index in [1.54, 1.807) is 27.3 Å². The Morgan fingerprint density at radius 1 is 1.17 bits per heavy atom. The molecule has 0 aliphatic carbocycles. The lowest BCUT2D eigenvalue weighted by Crippen LogP contribution is -2.29. The number of para-hydroxylation sites is 1. The number of amides is 2. The van der Waals surface area contributed by atoms with Gasteiger partial charge in [-0.1, -0.05) is 31.0 Å². The van der Waals surface area contributed by atoms with Crippen molar-refractivity contribution < 1.29 is 18.7 Å². The van der Waals surface area contributed by atoms with Crippen molar-refractivity contribution in [1.29, 1.82) is 0 Å². The number of nitrogens with zero attached hydrogens (tertiary/aromatic N) is 4. The molecule has 0 fully saturated rings. The average molecular weight is 492 g/mol. The van der Waals surface area contributed by atoms with Gasteiger partial charge in [0.2, 0.25) is 17.7 Å². The van der Waals surface area contributed by atoms with Crippen molar-refractivity contribution in [3.8, 4) is 17.1 Å². The third kappa shape index (κ3) is 5.85. The van der Waals surface area contributed by atoms with Crippen LogP contribution in [0.25, 0.3) is 22.2 Å². The minimum absolute atomic E-state index is 0.0141. The number of aromatic amines is 1. The summed E-state index contributed by atoms with van der Waals surface area (Å²) in [6, 6.07) is 9.35. The molecule has 0 bridgehead atoms. The Kier molecular flexibility index (Phi) is 7.89. The molecular formula is C25H29N7O4. The predicted octanol–water partition coefficient (Wildman–Crippen LogP) is 3.49. The van der Waals surface area contributed by atoms with Crippen molar-refractivity contribution in [3.05, 3.63) is 54.1 Å². The first-order chi connectivity index (χ1) is 17.5. The smallest absolute Gasteiger partial charge is 0.309 e. The summed E-state index contributed by atoms with van der Waals surface area (Å²) < 4.78 is 10.8. The van der Waals surface area contributed by atoms with E-state index in [1.807, 2.05) is 30.3 Å². The predicted molar refractivity (Wildman–Crippen MR) is 132 cm³/mol. The van der Waals surface area contributed by atoms with Gasteiger partial charge < -0.3 is 24.8 Å². The number of fused-ring (bicyclic) bond motifs is 1. The minimum Gasteiger partial charge on any atom is -0.480 e. The number of aryl methyl sites for hydroxylation is 1. The summed E-state index contributed by atoms with van der Waals surface area (Å²) in [7, 11) is 3.20. The van der Waals surface area contributed by atoms with Crippen molar-refractivity contribution >= 4 is 22.7 Å². The summed E-state index contributed by atoms with van der Waals surface area (Å²) in [4.78, 5) is 36.7. The highest BCUT2D eigenvalue weighted by molar-refractivity contribution is 5.89. The Morgan fingerprint density at radius 3 is 2.75 bits per heavy atom. The number of pyridine rings is 1. The van der Waals surface area contributed by atoms with E-state index in [-0.39, 0.29) is 11.8 Å². The fourth-order valence-corrected chi connectivity index (χ4v) is 3.92. The van der Waals surface area contributed by atoms with Crippen LogP contribution in [0.15, 0.2) is 40.9 Å². The molecule has 0 spiro atoms. The van der Waals surface area contributed by atoms with Crippen LogP contribution in [0.2, 0.25) is 0 Å². The van der Waals surface area contributed by atoms with Crippen LogP contribution in [0.5, 0.6) is 5.88 Å². The Hall–Kier alpha value is -4.28. The third-order valence-electron chi connectivity index (χ3n) is 5.80. The van der Waals surface area contributed by atoms with Crippen molar-refractivity contribution in [2.24, 2.45) is 0 Å². The SMILES string of the molecule is CNC(=O)CCCCC[C@H](NC(=O)c1nnc(C)o1)c1ncc(-c2cc3ccccc3nc2OC)[nH]1. The molecule has 36 heavy (non-hydrogen) atoms. The number of unbranched alkanes of at least 4 members (excludes halogenated alkanes) is 2. The molecule has 0 saturated heterocycles. The largest absolute Gasteiger partial charge is 0.480 e. The molecule has 0 saturated carbocycles. The number of aromatic nitrogens is 5. The van der Waals surface area contributed by atoms with Crippen LogP contribution in [-0.2, 0) is 4.79 Å². The van der Waals surface area contributed by atoms with E-state index < -0.39 is 11.9 Å². The molecule has 0 aliphatic heterocycles. The van der Waals surface area contributed by atoms with Crippen LogP contribution in [0.1, 0.15) is 60.5 Å². The normalized spacial score (nSPS) is 11.9. The van der Waals surface area contributed by atoms with Gasteiger partial charge in [0.15, 0.2) is 0 Å². The van der Waals surface area contributed by atoms with E-state index >= 15 is 0 Å².